The fourth-order valence-electron chi connectivity index (χ4n) is 5.60. The molecule has 4 aliphatic rings. The molecule has 1 amide bonds. The Morgan fingerprint density at radius 3 is 2.24 bits per heavy atom. The van der Waals surface area contributed by atoms with Crippen LogP contribution in [0.5, 0.6) is 0 Å². The van der Waals surface area contributed by atoms with E-state index in [1.54, 1.807) is 0 Å². The normalized spacial score (nSPS) is 36.7. The molecule has 0 spiro atoms. The predicted octanol–water partition coefficient (Wildman–Crippen LogP) is 4.99. The quantitative estimate of drug-likeness (QED) is 0.819. The van der Waals surface area contributed by atoms with E-state index >= 15 is 0 Å². The van der Waals surface area contributed by atoms with E-state index in [9.17, 15) is 4.79 Å². The molecule has 5 rings (SSSR count). The third-order valence-corrected chi connectivity index (χ3v) is 6.54. The highest BCUT2D eigenvalue weighted by Gasteiger charge is 2.51. The van der Waals surface area contributed by atoms with Crippen molar-refractivity contribution >= 4 is 27.5 Å². The molecule has 4 saturated carbocycles. The van der Waals surface area contributed by atoms with Crippen molar-refractivity contribution in [3.63, 3.8) is 0 Å². The van der Waals surface area contributed by atoms with Crippen molar-refractivity contribution in [2.75, 3.05) is 5.32 Å². The smallest absolute Gasteiger partial charge is 0.224 e. The predicted molar refractivity (Wildman–Crippen MR) is 88.0 cm³/mol. The Hall–Kier alpha value is -0.830. The third-order valence-electron chi connectivity index (χ3n) is 5.85. The van der Waals surface area contributed by atoms with Gasteiger partial charge in [0.25, 0.3) is 0 Å². The van der Waals surface area contributed by atoms with Crippen LogP contribution in [-0.4, -0.2) is 5.91 Å². The first-order valence-electron chi connectivity index (χ1n) is 8.16. The number of rotatable bonds is 3. The maximum Gasteiger partial charge on any atom is 0.224 e. The monoisotopic (exact) mass is 347 g/mol. The first-order valence-corrected chi connectivity index (χ1v) is 8.96. The molecule has 0 radical (unpaired) electrons. The van der Waals surface area contributed by atoms with Gasteiger partial charge in [0.1, 0.15) is 0 Å². The van der Waals surface area contributed by atoms with Gasteiger partial charge in [-0.2, -0.15) is 0 Å². The van der Waals surface area contributed by atoms with Gasteiger partial charge >= 0.3 is 0 Å². The summed E-state index contributed by atoms with van der Waals surface area (Å²) in [6.07, 6.45) is 8.91. The molecule has 1 aromatic rings. The number of amides is 1. The van der Waals surface area contributed by atoms with Crippen molar-refractivity contribution in [3.05, 3.63) is 28.7 Å². The number of anilines is 1. The number of para-hydroxylation sites is 1. The summed E-state index contributed by atoms with van der Waals surface area (Å²) in [7, 11) is 0. The summed E-state index contributed by atoms with van der Waals surface area (Å²) in [5, 5.41) is 3.10. The molecule has 0 saturated heterocycles. The number of benzene rings is 1. The van der Waals surface area contributed by atoms with Crippen molar-refractivity contribution in [1.82, 2.24) is 0 Å². The van der Waals surface area contributed by atoms with Gasteiger partial charge in [-0.25, -0.2) is 0 Å². The Kier molecular flexibility index (Phi) is 3.36. The summed E-state index contributed by atoms with van der Waals surface area (Å²) in [5.74, 6) is 2.93. The summed E-state index contributed by atoms with van der Waals surface area (Å²) in [6, 6.07) is 7.87. The first kappa shape index (κ1) is 13.8. The van der Waals surface area contributed by atoms with Gasteiger partial charge in [-0.1, -0.05) is 12.1 Å². The molecule has 4 fully saturated rings. The van der Waals surface area contributed by atoms with E-state index in [4.69, 9.17) is 0 Å². The summed E-state index contributed by atoms with van der Waals surface area (Å²) in [6.45, 7) is 0. The zero-order chi connectivity index (χ0) is 14.4. The second kappa shape index (κ2) is 5.12. The molecule has 0 unspecified atom stereocenters. The number of hydrogen-bond donors (Lipinski definition) is 1. The van der Waals surface area contributed by atoms with E-state index in [2.05, 4.69) is 21.2 Å². The molecule has 0 aromatic heterocycles. The van der Waals surface area contributed by atoms with Crippen LogP contribution in [0.15, 0.2) is 28.7 Å². The molecule has 1 aromatic carbocycles. The van der Waals surface area contributed by atoms with Crippen molar-refractivity contribution in [2.45, 2.75) is 44.9 Å². The average Bonchev–Trinajstić information content (AvgIpc) is 2.39. The van der Waals surface area contributed by atoms with Crippen LogP contribution >= 0.6 is 15.9 Å². The maximum atomic E-state index is 12.5. The van der Waals surface area contributed by atoms with E-state index < -0.39 is 0 Å². The van der Waals surface area contributed by atoms with Crippen LogP contribution in [-0.2, 0) is 4.79 Å². The lowest BCUT2D eigenvalue weighted by molar-refractivity contribution is -0.124. The van der Waals surface area contributed by atoms with Crippen LogP contribution in [0, 0.1) is 23.2 Å². The standard InChI is InChI=1S/C18H22BrNO/c19-15-3-1-2-4-16(15)20-17(21)11-18-8-12-5-13(9-18)7-14(6-12)10-18/h1-4,12-14H,5-11H2,(H,20,21). The number of nitrogens with one attached hydrogen (secondary N) is 1. The Balaban J connectivity index is 1.46. The molecular formula is C18H22BrNO. The number of halogens is 1. The lowest BCUT2D eigenvalue weighted by Gasteiger charge is -2.56. The number of carbonyl (C=O) groups is 1. The van der Waals surface area contributed by atoms with E-state index in [-0.39, 0.29) is 5.91 Å². The van der Waals surface area contributed by atoms with Crippen LogP contribution < -0.4 is 5.32 Å². The van der Waals surface area contributed by atoms with Crippen LogP contribution in [0.3, 0.4) is 0 Å². The van der Waals surface area contributed by atoms with Crippen LogP contribution in [0.2, 0.25) is 0 Å². The van der Waals surface area contributed by atoms with Crippen molar-refractivity contribution in [1.29, 1.82) is 0 Å². The first-order chi connectivity index (χ1) is 10.1. The van der Waals surface area contributed by atoms with Gasteiger partial charge in [0, 0.05) is 10.9 Å². The molecule has 4 aliphatic carbocycles. The largest absolute Gasteiger partial charge is 0.325 e. The van der Waals surface area contributed by atoms with E-state index in [1.807, 2.05) is 24.3 Å². The topological polar surface area (TPSA) is 29.1 Å². The summed E-state index contributed by atoms with van der Waals surface area (Å²) in [5.41, 5.74) is 1.22. The summed E-state index contributed by atoms with van der Waals surface area (Å²) in [4.78, 5) is 12.5. The highest BCUT2D eigenvalue weighted by atomic mass is 79.9. The van der Waals surface area contributed by atoms with E-state index in [0.717, 1.165) is 34.3 Å². The molecular weight excluding hydrogens is 326 g/mol. The summed E-state index contributed by atoms with van der Waals surface area (Å²) < 4.78 is 0.962. The molecule has 0 aliphatic heterocycles. The zero-order valence-electron chi connectivity index (χ0n) is 12.3. The Labute approximate surface area is 134 Å². The van der Waals surface area contributed by atoms with Gasteiger partial charge < -0.3 is 5.32 Å². The van der Waals surface area contributed by atoms with Gasteiger partial charge in [0.2, 0.25) is 5.91 Å². The van der Waals surface area contributed by atoms with Gasteiger partial charge in [0.15, 0.2) is 0 Å². The minimum Gasteiger partial charge on any atom is -0.325 e. The maximum absolute atomic E-state index is 12.5. The van der Waals surface area contributed by atoms with Crippen LogP contribution in [0.4, 0.5) is 5.69 Å². The Morgan fingerprint density at radius 2 is 1.67 bits per heavy atom. The fraction of sp³-hybridized carbons (Fsp3) is 0.611. The fourth-order valence-corrected chi connectivity index (χ4v) is 5.99. The van der Waals surface area contributed by atoms with E-state index in [0.29, 0.717) is 5.41 Å². The molecule has 0 heterocycles. The van der Waals surface area contributed by atoms with Gasteiger partial charge in [-0.15, -0.1) is 0 Å². The van der Waals surface area contributed by atoms with Crippen molar-refractivity contribution < 1.29 is 4.79 Å². The zero-order valence-corrected chi connectivity index (χ0v) is 13.9. The second-order valence-electron chi connectivity index (χ2n) is 7.62. The molecule has 2 nitrogen and oxygen atoms in total. The highest BCUT2D eigenvalue weighted by Crippen LogP contribution is 2.61. The van der Waals surface area contributed by atoms with Crippen LogP contribution in [0.25, 0.3) is 0 Å². The molecule has 112 valence electrons. The molecule has 0 atom stereocenters. The van der Waals surface area contributed by atoms with Crippen LogP contribution in [0.1, 0.15) is 44.9 Å². The lowest BCUT2D eigenvalue weighted by Crippen LogP contribution is -2.47. The SMILES string of the molecule is O=C(CC12CC3CC(CC(C3)C1)C2)Nc1ccccc1Br. The number of carbonyl (C=O) groups excluding carboxylic acids is 1. The van der Waals surface area contributed by atoms with Crippen molar-refractivity contribution in [3.8, 4) is 0 Å². The minimum atomic E-state index is 0.198. The molecule has 3 heteroatoms. The second-order valence-corrected chi connectivity index (χ2v) is 8.48. The Bertz CT molecular complexity index is 533. The molecule has 21 heavy (non-hydrogen) atoms. The van der Waals surface area contributed by atoms with Gasteiger partial charge in [-0.05, 0) is 89.8 Å². The minimum absolute atomic E-state index is 0.198. The third kappa shape index (κ3) is 2.65. The number of hydrogen-bond acceptors (Lipinski definition) is 1. The van der Waals surface area contributed by atoms with Crippen molar-refractivity contribution in [2.24, 2.45) is 23.2 Å². The Morgan fingerprint density at radius 1 is 1.10 bits per heavy atom. The average molecular weight is 348 g/mol. The molecule has 4 bridgehead atoms. The summed E-state index contributed by atoms with van der Waals surface area (Å²) >= 11 is 3.50. The lowest BCUT2D eigenvalue weighted by atomic mass is 9.49. The van der Waals surface area contributed by atoms with Gasteiger partial charge in [-0.3, -0.25) is 4.79 Å². The van der Waals surface area contributed by atoms with E-state index in [1.165, 1.54) is 38.5 Å². The highest BCUT2D eigenvalue weighted by molar-refractivity contribution is 9.10. The molecule has 1 N–H and O–H groups in total. The van der Waals surface area contributed by atoms with Gasteiger partial charge in [0.05, 0.1) is 5.69 Å².